The molecule has 0 aromatic carbocycles. The lowest BCUT2D eigenvalue weighted by Crippen LogP contribution is -2.42. The molecule has 0 atom stereocenters. The zero-order valence-corrected chi connectivity index (χ0v) is 15.2. The van der Waals surface area contributed by atoms with Gasteiger partial charge < -0.3 is 5.32 Å². The van der Waals surface area contributed by atoms with Gasteiger partial charge in [-0.25, -0.2) is 4.79 Å². The van der Waals surface area contributed by atoms with Crippen LogP contribution in [0.4, 0.5) is 0 Å². The molecular weight excluding hydrogens is 276 g/mol. The molecule has 0 radical (unpaired) electrons. The molecule has 130 valence electrons. The number of rotatable bonds is 13. The summed E-state index contributed by atoms with van der Waals surface area (Å²) in [5.74, 6) is 0.223. The third kappa shape index (κ3) is 12.8. The molecule has 0 heterocycles. The highest BCUT2D eigenvalue weighted by molar-refractivity contribution is 5.76. The number of hydrogen-bond acceptors (Lipinski definition) is 2. The van der Waals surface area contributed by atoms with E-state index in [2.05, 4.69) is 12.2 Å². The smallest absolute Gasteiger partial charge is 0.314 e. The number of carbonyl (C=O) groups excluding carboxylic acids is 2. The first kappa shape index (κ1) is 21.1. The molecule has 0 aliphatic heterocycles. The molecule has 0 aliphatic carbocycles. The molecule has 0 rings (SSSR count). The van der Waals surface area contributed by atoms with Crippen molar-refractivity contribution in [1.29, 1.82) is 0 Å². The molecule has 0 saturated carbocycles. The maximum atomic E-state index is 11.7. The van der Waals surface area contributed by atoms with Crippen LogP contribution in [0.15, 0.2) is 0 Å². The third-order valence-corrected chi connectivity index (χ3v) is 3.92. The second-order valence-electron chi connectivity index (χ2n) is 7.08. The van der Waals surface area contributed by atoms with Crippen molar-refractivity contribution < 1.29 is 14.1 Å². The predicted molar refractivity (Wildman–Crippen MR) is 92.5 cm³/mol. The van der Waals surface area contributed by atoms with Gasteiger partial charge in [0.15, 0.2) is 0 Å². The Kier molecular flexibility index (Phi) is 12.1. The number of amides is 2. The standard InChI is InChI=1S/C18H36N2O2/c1-5-6-7-8-9-10-11-12-13-14-17(21)19-16-15-18(22)20(2,3)4/h5-16H2,1-4H3/p+1. The van der Waals surface area contributed by atoms with Crippen LogP contribution in [0.2, 0.25) is 0 Å². The van der Waals surface area contributed by atoms with Gasteiger partial charge in [0.05, 0.1) is 27.6 Å². The largest absolute Gasteiger partial charge is 0.355 e. The van der Waals surface area contributed by atoms with E-state index in [4.69, 9.17) is 0 Å². The van der Waals surface area contributed by atoms with Crippen molar-refractivity contribution >= 4 is 11.8 Å². The average Bonchev–Trinajstić information content (AvgIpc) is 2.44. The number of nitrogens with zero attached hydrogens (tertiary/aromatic N) is 1. The van der Waals surface area contributed by atoms with Crippen LogP contribution in [0.1, 0.15) is 77.6 Å². The Hall–Kier alpha value is -0.900. The van der Waals surface area contributed by atoms with Crippen LogP contribution in [0, 0.1) is 0 Å². The Morgan fingerprint density at radius 1 is 0.773 bits per heavy atom. The van der Waals surface area contributed by atoms with Crippen molar-refractivity contribution in [2.45, 2.75) is 77.6 Å². The van der Waals surface area contributed by atoms with Crippen molar-refractivity contribution in [3.05, 3.63) is 0 Å². The summed E-state index contributed by atoms with van der Waals surface area (Å²) in [5.41, 5.74) is 0. The summed E-state index contributed by atoms with van der Waals surface area (Å²) in [7, 11) is 5.56. The fraction of sp³-hybridized carbons (Fsp3) is 0.889. The summed E-state index contributed by atoms with van der Waals surface area (Å²) < 4.78 is 0.314. The minimum absolute atomic E-state index is 0.0807. The van der Waals surface area contributed by atoms with E-state index in [-0.39, 0.29) is 11.8 Å². The first-order valence-electron chi connectivity index (χ1n) is 8.99. The van der Waals surface area contributed by atoms with E-state index in [1.807, 2.05) is 21.1 Å². The highest BCUT2D eigenvalue weighted by Gasteiger charge is 2.19. The van der Waals surface area contributed by atoms with Gasteiger partial charge in [0, 0.05) is 13.0 Å². The van der Waals surface area contributed by atoms with Gasteiger partial charge in [-0.3, -0.25) is 9.28 Å². The fourth-order valence-corrected chi connectivity index (χ4v) is 2.33. The minimum Gasteiger partial charge on any atom is -0.355 e. The SMILES string of the molecule is CCCCCCCCCCCC(=O)NCCC(=O)[N+](C)(C)C. The van der Waals surface area contributed by atoms with E-state index in [0.29, 0.717) is 23.9 Å². The molecule has 2 amide bonds. The van der Waals surface area contributed by atoms with Gasteiger partial charge >= 0.3 is 5.91 Å². The Bertz CT molecular complexity index is 309. The third-order valence-electron chi connectivity index (χ3n) is 3.92. The monoisotopic (exact) mass is 313 g/mol. The first-order valence-corrected chi connectivity index (χ1v) is 8.99. The molecule has 1 N–H and O–H groups in total. The van der Waals surface area contributed by atoms with E-state index < -0.39 is 0 Å². The highest BCUT2D eigenvalue weighted by atomic mass is 16.2. The molecule has 4 nitrogen and oxygen atoms in total. The molecule has 0 saturated heterocycles. The van der Waals surface area contributed by atoms with Crippen molar-refractivity contribution in [2.75, 3.05) is 27.7 Å². The van der Waals surface area contributed by atoms with Gasteiger partial charge in [-0.1, -0.05) is 58.3 Å². The molecule has 0 unspecified atom stereocenters. The number of carbonyl (C=O) groups is 2. The van der Waals surface area contributed by atoms with Crippen LogP contribution in [-0.2, 0) is 9.59 Å². The van der Waals surface area contributed by atoms with Crippen molar-refractivity contribution in [3.63, 3.8) is 0 Å². The zero-order chi connectivity index (χ0) is 16.8. The maximum absolute atomic E-state index is 11.7. The molecule has 0 aromatic rings. The zero-order valence-electron chi connectivity index (χ0n) is 15.2. The summed E-state index contributed by atoms with van der Waals surface area (Å²) in [5, 5.41) is 2.84. The van der Waals surface area contributed by atoms with Gasteiger partial charge in [-0.2, -0.15) is 0 Å². The van der Waals surface area contributed by atoms with Gasteiger partial charge in [0.2, 0.25) is 5.91 Å². The van der Waals surface area contributed by atoms with Crippen molar-refractivity contribution in [1.82, 2.24) is 5.32 Å². The average molecular weight is 314 g/mol. The highest BCUT2D eigenvalue weighted by Crippen LogP contribution is 2.10. The van der Waals surface area contributed by atoms with E-state index in [1.165, 1.54) is 44.9 Å². The van der Waals surface area contributed by atoms with E-state index >= 15 is 0 Å². The normalized spacial score (nSPS) is 11.5. The maximum Gasteiger partial charge on any atom is 0.314 e. The fourth-order valence-electron chi connectivity index (χ4n) is 2.33. The number of unbranched alkanes of at least 4 members (excludes halogenated alkanes) is 8. The second kappa shape index (κ2) is 12.6. The minimum atomic E-state index is 0.0807. The lowest BCUT2D eigenvalue weighted by atomic mass is 10.1. The van der Waals surface area contributed by atoms with Crippen LogP contribution in [0.25, 0.3) is 0 Å². The molecule has 4 heteroatoms. The molecular formula is C18H37N2O2+. The van der Waals surface area contributed by atoms with Crippen LogP contribution in [-0.4, -0.2) is 44.0 Å². The molecule has 0 spiro atoms. The number of quaternary nitrogens is 1. The first-order chi connectivity index (χ1) is 10.4. The Labute approximate surface area is 137 Å². The van der Waals surface area contributed by atoms with Gasteiger partial charge in [-0.15, -0.1) is 0 Å². The quantitative estimate of drug-likeness (QED) is 0.417. The molecule has 0 fully saturated rings. The topological polar surface area (TPSA) is 46.2 Å². The lowest BCUT2D eigenvalue weighted by Gasteiger charge is -2.20. The summed E-state index contributed by atoms with van der Waals surface area (Å²) in [6.07, 6.45) is 12.3. The summed E-state index contributed by atoms with van der Waals surface area (Å²) in [6.45, 7) is 2.70. The van der Waals surface area contributed by atoms with Crippen LogP contribution in [0.3, 0.4) is 0 Å². The van der Waals surface area contributed by atoms with Gasteiger partial charge in [-0.05, 0) is 6.42 Å². The number of nitrogens with one attached hydrogen (secondary N) is 1. The van der Waals surface area contributed by atoms with E-state index in [9.17, 15) is 9.59 Å². The van der Waals surface area contributed by atoms with Crippen LogP contribution >= 0.6 is 0 Å². The summed E-state index contributed by atoms with van der Waals surface area (Å²) in [6, 6.07) is 0. The van der Waals surface area contributed by atoms with Gasteiger partial charge in [0.25, 0.3) is 0 Å². The predicted octanol–water partition coefficient (Wildman–Crippen LogP) is 3.65. The summed E-state index contributed by atoms with van der Waals surface area (Å²) in [4.78, 5) is 23.3. The van der Waals surface area contributed by atoms with E-state index in [1.54, 1.807) is 0 Å². The Morgan fingerprint density at radius 2 is 1.27 bits per heavy atom. The van der Waals surface area contributed by atoms with E-state index in [0.717, 1.165) is 12.8 Å². The van der Waals surface area contributed by atoms with Crippen molar-refractivity contribution in [3.8, 4) is 0 Å². The second-order valence-corrected chi connectivity index (χ2v) is 7.08. The summed E-state index contributed by atoms with van der Waals surface area (Å²) >= 11 is 0. The molecule has 22 heavy (non-hydrogen) atoms. The van der Waals surface area contributed by atoms with Crippen LogP contribution < -0.4 is 5.32 Å². The molecule has 0 aromatic heterocycles. The number of hydrogen-bond donors (Lipinski definition) is 1. The lowest BCUT2D eigenvalue weighted by molar-refractivity contribution is -0.792. The van der Waals surface area contributed by atoms with Gasteiger partial charge in [0.1, 0.15) is 0 Å². The van der Waals surface area contributed by atoms with Crippen molar-refractivity contribution in [2.24, 2.45) is 0 Å². The Morgan fingerprint density at radius 3 is 1.77 bits per heavy atom. The molecule has 0 aliphatic rings. The molecule has 0 bridgehead atoms. The van der Waals surface area contributed by atoms with Crippen LogP contribution in [0.5, 0.6) is 0 Å². The Balaban J connectivity index is 3.38.